The lowest BCUT2D eigenvalue weighted by Gasteiger charge is -2.25. The highest BCUT2D eigenvalue weighted by Crippen LogP contribution is 2.29. The molecule has 2 atom stereocenters. The van der Waals surface area contributed by atoms with Gasteiger partial charge in [0.25, 0.3) is 0 Å². The van der Waals surface area contributed by atoms with Crippen LogP contribution in [0.1, 0.15) is 46.6 Å². The fourth-order valence-electron chi connectivity index (χ4n) is 2.49. The summed E-state index contributed by atoms with van der Waals surface area (Å²) >= 11 is 3.47. The zero-order valence-corrected chi connectivity index (χ0v) is 17.5. The van der Waals surface area contributed by atoms with Crippen LogP contribution < -0.4 is 4.74 Å². The van der Waals surface area contributed by atoms with E-state index in [0.717, 1.165) is 10.0 Å². The lowest BCUT2D eigenvalue weighted by atomic mass is 10.0. The van der Waals surface area contributed by atoms with Crippen LogP contribution in [0, 0.1) is 0 Å². The van der Waals surface area contributed by atoms with Crippen LogP contribution in [0.5, 0.6) is 5.75 Å². The average Bonchev–Trinajstić information content (AvgIpc) is 3.00. The highest BCUT2D eigenvalue weighted by atomic mass is 79.9. The van der Waals surface area contributed by atoms with E-state index in [9.17, 15) is 4.79 Å². The predicted molar refractivity (Wildman–Crippen MR) is 103 cm³/mol. The van der Waals surface area contributed by atoms with Gasteiger partial charge in [-0.25, -0.2) is 4.79 Å². The fourth-order valence-corrected chi connectivity index (χ4v) is 2.85. The molecule has 7 heteroatoms. The number of nitrogens with zero attached hydrogens (tertiary/aromatic N) is 1. The van der Waals surface area contributed by atoms with Crippen molar-refractivity contribution in [3.8, 4) is 5.75 Å². The van der Waals surface area contributed by atoms with Crippen LogP contribution in [0.25, 0.3) is 0 Å². The second-order valence-corrected chi connectivity index (χ2v) is 7.82. The van der Waals surface area contributed by atoms with Crippen LogP contribution >= 0.6 is 15.9 Å². The van der Waals surface area contributed by atoms with Crippen molar-refractivity contribution in [1.29, 1.82) is 0 Å². The molecular weight excluding hydrogens is 402 g/mol. The minimum atomic E-state index is -0.706. The molecule has 0 fully saturated rings. The Morgan fingerprint density at radius 1 is 1.38 bits per heavy atom. The molecule has 2 rings (SSSR count). The summed E-state index contributed by atoms with van der Waals surface area (Å²) in [6.45, 7) is 10.2. The first kappa shape index (κ1) is 20.7. The smallest absolute Gasteiger partial charge is 0.347 e. The van der Waals surface area contributed by atoms with Gasteiger partial charge >= 0.3 is 5.97 Å². The van der Waals surface area contributed by atoms with Gasteiger partial charge in [0.15, 0.2) is 6.10 Å². The number of carbonyl (C=O) groups is 1. The molecule has 0 amide bonds. The molecule has 0 aromatic heterocycles. The van der Waals surface area contributed by atoms with Crippen molar-refractivity contribution in [3.05, 3.63) is 28.2 Å². The van der Waals surface area contributed by atoms with Crippen molar-refractivity contribution >= 4 is 27.6 Å². The Balaban J connectivity index is 2.28. The van der Waals surface area contributed by atoms with Crippen LogP contribution in [0.3, 0.4) is 0 Å². The van der Waals surface area contributed by atoms with Crippen molar-refractivity contribution in [1.82, 2.24) is 0 Å². The summed E-state index contributed by atoms with van der Waals surface area (Å²) in [6.07, 6.45) is -0.483. The molecule has 0 radical (unpaired) electrons. The lowest BCUT2D eigenvalue weighted by molar-refractivity contribution is -0.163. The number of rotatable bonds is 7. The Bertz CT molecular complexity index is 668. The predicted octanol–water partition coefficient (Wildman–Crippen LogP) is 4.09. The molecule has 1 aromatic carbocycles. The van der Waals surface area contributed by atoms with Gasteiger partial charge < -0.3 is 19.0 Å². The Hall–Kier alpha value is -1.60. The number of hydrogen-bond acceptors (Lipinski definition) is 6. The third-order valence-corrected chi connectivity index (χ3v) is 4.08. The van der Waals surface area contributed by atoms with Gasteiger partial charge in [-0.2, -0.15) is 0 Å². The van der Waals surface area contributed by atoms with Gasteiger partial charge in [0.05, 0.1) is 0 Å². The Morgan fingerprint density at radius 2 is 2.12 bits per heavy atom. The summed E-state index contributed by atoms with van der Waals surface area (Å²) in [4.78, 5) is 17.6. The van der Waals surface area contributed by atoms with E-state index in [1.54, 1.807) is 6.07 Å². The molecule has 1 aliphatic rings. The normalized spacial score (nSPS) is 18.1. The molecule has 1 aromatic rings. The SMILES string of the molecule is CCOC1CON=C1c1cc(Br)ccc1OC(CC)C(=O)OC(C)(C)C. The van der Waals surface area contributed by atoms with Crippen molar-refractivity contribution in [2.45, 2.75) is 58.8 Å². The third-order valence-electron chi connectivity index (χ3n) is 3.59. The van der Waals surface area contributed by atoms with Crippen LogP contribution in [0.4, 0.5) is 0 Å². The van der Waals surface area contributed by atoms with Crippen LogP contribution in [0.2, 0.25) is 0 Å². The van der Waals surface area contributed by atoms with Crippen molar-refractivity contribution in [2.24, 2.45) is 5.16 Å². The lowest BCUT2D eigenvalue weighted by Crippen LogP contribution is -2.35. The van der Waals surface area contributed by atoms with Crippen LogP contribution in [-0.4, -0.2) is 42.7 Å². The number of benzene rings is 1. The maximum atomic E-state index is 12.4. The van der Waals surface area contributed by atoms with Crippen molar-refractivity contribution < 1.29 is 23.8 Å². The third kappa shape index (κ3) is 5.45. The summed E-state index contributed by atoms with van der Waals surface area (Å²) < 4.78 is 18.0. The molecule has 144 valence electrons. The zero-order chi connectivity index (χ0) is 19.3. The summed E-state index contributed by atoms with van der Waals surface area (Å²) in [5.41, 5.74) is 0.819. The Morgan fingerprint density at radius 3 is 2.73 bits per heavy atom. The molecule has 1 aliphatic heterocycles. The molecule has 0 aliphatic carbocycles. The molecule has 6 nitrogen and oxygen atoms in total. The number of oxime groups is 1. The minimum absolute atomic E-state index is 0.266. The second kappa shape index (κ2) is 8.86. The summed E-state index contributed by atoms with van der Waals surface area (Å²) in [5, 5.41) is 4.12. The quantitative estimate of drug-likeness (QED) is 0.613. The van der Waals surface area contributed by atoms with Gasteiger partial charge in [-0.05, 0) is 52.3 Å². The number of halogens is 1. The number of hydrogen-bond donors (Lipinski definition) is 0. The molecule has 0 spiro atoms. The Labute approximate surface area is 163 Å². The number of carbonyl (C=O) groups excluding carboxylic acids is 1. The van der Waals surface area contributed by atoms with E-state index in [1.165, 1.54) is 0 Å². The van der Waals surface area contributed by atoms with Gasteiger partial charge in [0.2, 0.25) is 0 Å². The van der Waals surface area contributed by atoms with E-state index in [1.807, 2.05) is 46.8 Å². The molecule has 2 unspecified atom stereocenters. The van der Waals surface area contributed by atoms with Crippen molar-refractivity contribution in [3.63, 3.8) is 0 Å². The molecule has 0 N–H and O–H groups in total. The number of esters is 1. The second-order valence-electron chi connectivity index (χ2n) is 6.90. The molecular formula is C19H26BrNO5. The largest absolute Gasteiger partial charge is 0.478 e. The molecule has 0 saturated carbocycles. The number of ether oxygens (including phenoxy) is 3. The monoisotopic (exact) mass is 427 g/mol. The zero-order valence-electron chi connectivity index (χ0n) is 15.9. The first-order valence-corrected chi connectivity index (χ1v) is 9.55. The van der Waals surface area contributed by atoms with E-state index >= 15 is 0 Å². The van der Waals surface area contributed by atoms with E-state index in [4.69, 9.17) is 19.0 Å². The molecule has 26 heavy (non-hydrogen) atoms. The average molecular weight is 428 g/mol. The van der Waals surface area contributed by atoms with E-state index in [0.29, 0.717) is 31.1 Å². The standard InChI is InChI=1S/C19H26BrNO5/c1-6-14(18(22)26-19(3,4)5)25-15-9-8-12(20)10-13(15)17-16(23-7-2)11-24-21-17/h8-10,14,16H,6-7,11H2,1-5H3. The molecule has 0 saturated heterocycles. The summed E-state index contributed by atoms with van der Waals surface area (Å²) in [5.74, 6) is 0.152. The van der Waals surface area contributed by atoms with Gasteiger partial charge in [-0.1, -0.05) is 28.0 Å². The first-order chi connectivity index (χ1) is 12.2. The molecule has 1 heterocycles. The van der Waals surface area contributed by atoms with Crippen molar-refractivity contribution in [2.75, 3.05) is 13.2 Å². The fraction of sp³-hybridized carbons (Fsp3) is 0.579. The summed E-state index contributed by atoms with van der Waals surface area (Å²) in [6, 6.07) is 5.54. The summed E-state index contributed by atoms with van der Waals surface area (Å²) in [7, 11) is 0. The first-order valence-electron chi connectivity index (χ1n) is 8.76. The van der Waals surface area contributed by atoms with E-state index in [-0.39, 0.29) is 12.1 Å². The highest BCUT2D eigenvalue weighted by molar-refractivity contribution is 9.10. The molecule has 0 bridgehead atoms. The van der Waals surface area contributed by atoms with Gasteiger partial charge in [-0.3, -0.25) is 0 Å². The minimum Gasteiger partial charge on any atom is -0.478 e. The Kier molecular flexibility index (Phi) is 7.06. The van der Waals surface area contributed by atoms with E-state index < -0.39 is 11.7 Å². The van der Waals surface area contributed by atoms with Crippen LogP contribution in [0.15, 0.2) is 27.8 Å². The van der Waals surface area contributed by atoms with Gasteiger partial charge in [0, 0.05) is 16.6 Å². The maximum Gasteiger partial charge on any atom is 0.347 e. The maximum absolute atomic E-state index is 12.4. The van der Waals surface area contributed by atoms with Crippen LogP contribution in [-0.2, 0) is 19.1 Å². The van der Waals surface area contributed by atoms with E-state index in [2.05, 4.69) is 21.1 Å². The van der Waals surface area contributed by atoms with Gasteiger partial charge in [-0.15, -0.1) is 0 Å². The van der Waals surface area contributed by atoms with Gasteiger partial charge in [0.1, 0.15) is 29.8 Å². The highest BCUT2D eigenvalue weighted by Gasteiger charge is 2.30. The topological polar surface area (TPSA) is 66.3 Å².